The first kappa shape index (κ1) is 117. The minimum Gasteiger partial charge on any atom is -0.493 e. The van der Waals surface area contributed by atoms with Crippen LogP contribution in [0.3, 0.4) is 0 Å². The van der Waals surface area contributed by atoms with Crippen LogP contribution in [0.1, 0.15) is 215 Å². The van der Waals surface area contributed by atoms with Gasteiger partial charge in [-0.15, -0.1) is 0 Å². The highest BCUT2D eigenvalue weighted by Gasteiger charge is 2.24. The number of benzene rings is 8. The number of hydrogen-bond acceptors (Lipinski definition) is 20. The first-order valence-electron chi connectivity index (χ1n) is 44.0. The highest BCUT2D eigenvalue weighted by atomic mass is 16.7. The van der Waals surface area contributed by atoms with Crippen molar-refractivity contribution in [1.82, 2.24) is 0 Å². The second-order valence-electron chi connectivity index (χ2n) is 31.9. The molecule has 0 atom stereocenters. The van der Waals surface area contributed by atoms with Crippen molar-refractivity contribution in [3.8, 4) is 69.0 Å². The summed E-state index contributed by atoms with van der Waals surface area (Å²) in [5.74, 6) is 9.14. The van der Waals surface area contributed by atoms with Gasteiger partial charge in [-0.05, 0) is 237 Å². The SMILES string of the molecule is C=Cc1ccc(OCOC)c(C(C)(C)C)c1.C=Cc1ccc(OCOC)c(C(C)(C)CC)c1.C=Cc1ccc(OCOC)c(CCCCC)c1.C=Cc1ccc(OCOC)c(CCCCCC)c1.C=Cc1ccc(OCOC)c(OC(C)(C)C)c1.C=Cc1ccc(OCOC)c(OC(C)C)c1.C=Cc1ccc(OCOC)c(OC)c1.C=Cc1ccc(OCOC)c(OCC)c1. The average Bonchev–Trinajstić information content (AvgIpc) is 0.789. The summed E-state index contributed by atoms with van der Waals surface area (Å²) in [7, 11) is 14.4. The molecule has 0 aliphatic rings. The number of hydrogen-bond donors (Lipinski definition) is 0. The quantitative estimate of drug-likeness (QED) is 0.0259. The van der Waals surface area contributed by atoms with Crippen LogP contribution in [-0.2, 0) is 61.6 Å². The van der Waals surface area contributed by atoms with E-state index in [-0.39, 0.29) is 63.3 Å². The molecule has 8 aromatic carbocycles. The first-order chi connectivity index (χ1) is 62.4. The zero-order chi connectivity index (χ0) is 97.1. The van der Waals surface area contributed by atoms with Gasteiger partial charge in [0.05, 0.1) is 19.8 Å². The molecule has 130 heavy (non-hydrogen) atoms. The number of aryl methyl sites for hydroxylation is 2. The molecule has 20 heteroatoms. The fourth-order valence-electron chi connectivity index (χ4n) is 11.6. The predicted molar refractivity (Wildman–Crippen MR) is 539 cm³/mol. The number of rotatable bonds is 49. The van der Waals surface area contributed by atoms with E-state index in [1.54, 1.807) is 88.3 Å². The third-order valence-electron chi connectivity index (χ3n) is 18.7. The largest absolute Gasteiger partial charge is 0.493 e. The summed E-state index contributed by atoms with van der Waals surface area (Å²) in [5.41, 5.74) is 13.2. The van der Waals surface area contributed by atoms with E-state index in [2.05, 4.69) is 132 Å². The Morgan fingerprint density at radius 2 is 0.546 bits per heavy atom. The average molecular weight is 1800 g/mol. The van der Waals surface area contributed by atoms with E-state index in [4.69, 9.17) is 94.7 Å². The molecule has 0 bridgehead atoms. The van der Waals surface area contributed by atoms with Crippen molar-refractivity contribution in [2.75, 3.05) is 125 Å². The fourth-order valence-corrected chi connectivity index (χ4v) is 11.6. The molecule has 0 amide bonds. The lowest BCUT2D eigenvalue weighted by atomic mass is 9.81. The molecule has 0 aliphatic heterocycles. The van der Waals surface area contributed by atoms with Crippen molar-refractivity contribution in [3.05, 3.63) is 265 Å². The van der Waals surface area contributed by atoms with Crippen molar-refractivity contribution in [2.45, 2.75) is 184 Å². The summed E-state index contributed by atoms with van der Waals surface area (Å²) in [5, 5.41) is 0. The maximum atomic E-state index is 5.84. The summed E-state index contributed by atoms with van der Waals surface area (Å²) in [6.07, 6.45) is 26.5. The fraction of sp³-hybridized carbons (Fsp3) is 0.418. The van der Waals surface area contributed by atoms with Gasteiger partial charge >= 0.3 is 0 Å². The minimum absolute atomic E-state index is 0.0437. The van der Waals surface area contributed by atoms with Gasteiger partial charge in [-0.3, -0.25) is 0 Å². The van der Waals surface area contributed by atoms with Crippen LogP contribution < -0.4 is 56.8 Å². The van der Waals surface area contributed by atoms with Crippen LogP contribution in [0.25, 0.3) is 48.6 Å². The lowest BCUT2D eigenvalue weighted by Crippen LogP contribution is -2.23. The maximum absolute atomic E-state index is 5.84. The zero-order valence-corrected chi connectivity index (χ0v) is 82.8. The Morgan fingerprint density at radius 1 is 0.277 bits per heavy atom. The smallest absolute Gasteiger partial charge is 0.188 e. The van der Waals surface area contributed by atoms with Gasteiger partial charge < -0.3 is 94.7 Å². The molecular formula is C110H156O20. The lowest BCUT2D eigenvalue weighted by molar-refractivity contribution is 0.0440. The summed E-state index contributed by atoms with van der Waals surface area (Å²) in [6, 6.07) is 47.2. The molecule has 8 rings (SSSR count). The third-order valence-corrected chi connectivity index (χ3v) is 18.7. The van der Waals surface area contributed by atoms with E-state index in [1.807, 2.05) is 187 Å². The number of methoxy groups -OCH3 is 9. The third kappa shape index (κ3) is 48.0. The molecule has 0 saturated carbocycles. The van der Waals surface area contributed by atoms with Crippen LogP contribution in [0.2, 0.25) is 0 Å². The Hall–Kier alpha value is -11.0. The van der Waals surface area contributed by atoms with Crippen LogP contribution in [-0.4, -0.2) is 137 Å². The van der Waals surface area contributed by atoms with E-state index >= 15 is 0 Å². The van der Waals surface area contributed by atoms with Crippen LogP contribution in [0.5, 0.6) is 69.0 Å². The Kier molecular flexibility index (Phi) is 62.1. The van der Waals surface area contributed by atoms with Gasteiger partial charge in [-0.25, -0.2) is 0 Å². The number of ether oxygens (including phenoxy) is 20. The van der Waals surface area contributed by atoms with E-state index < -0.39 is 0 Å². The maximum Gasteiger partial charge on any atom is 0.188 e. The van der Waals surface area contributed by atoms with Gasteiger partial charge in [0, 0.05) is 68.0 Å². The Morgan fingerprint density at radius 3 is 0.869 bits per heavy atom. The van der Waals surface area contributed by atoms with Crippen LogP contribution >= 0.6 is 0 Å². The molecule has 0 aliphatic carbocycles. The molecule has 0 spiro atoms. The van der Waals surface area contributed by atoms with Crippen molar-refractivity contribution >= 4 is 48.6 Å². The highest BCUT2D eigenvalue weighted by Crippen LogP contribution is 2.38. The summed E-state index contributed by atoms with van der Waals surface area (Å²) >= 11 is 0. The van der Waals surface area contributed by atoms with Crippen molar-refractivity contribution < 1.29 is 94.7 Å². The predicted octanol–water partition coefficient (Wildman–Crippen LogP) is 27.7. The van der Waals surface area contributed by atoms with Gasteiger partial charge in [0.25, 0.3) is 0 Å². The molecule has 0 aromatic heterocycles. The lowest BCUT2D eigenvalue weighted by Gasteiger charge is -2.26. The van der Waals surface area contributed by atoms with Crippen molar-refractivity contribution in [3.63, 3.8) is 0 Å². The summed E-state index contributed by atoms with van der Waals surface area (Å²) < 4.78 is 105. The van der Waals surface area contributed by atoms with Gasteiger partial charge in [0.1, 0.15) is 28.6 Å². The van der Waals surface area contributed by atoms with E-state index in [0.29, 0.717) is 66.2 Å². The standard InChI is InChI=1S/C16H24O2.2C15H22O2.C14H20O3.C14H20O2.C13H18O3.C12H16O3.C11H14O3/c1-4-6-7-8-9-15-12-14(5-2)10-11-16(15)18-13-17-3;1-6-12-8-9-14(17-11-16-5)13(10-12)15(3,4)7-2;1-4-6-7-8-14-11-13(5-2)9-10-15(14)17-12-16-3;1-6-11-7-8-12(16-10-15-5)13(9-11)17-14(2,3)4;1-6-11-7-8-13(16-10-15-5)12(9-11)14(2,3)4;1-5-11-6-7-12(15-9-14-4)13(8-11)16-10(2)3;1-4-10-6-7-11(15-9-13-3)12(8-10)14-5-2;1-4-9-5-6-10(14-8-12-2)11(7-9)13-3/h5,10-12H,2,4,6-9,13H2,1,3H3;6,8-10H,1,7,11H2,2-5H3;5,9-11H,2,4,6-8,12H2,1,3H3;6-9H,1,10H2,2-5H3;6-9H,1,10H2,2-5H3;5-8,10H,1,9H2,2-4H3;4,6-8H,1,5,9H2,2-3H3;4-7H,1,8H2,2-3H3. The molecule has 0 fully saturated rings. The normalized spacial score (nSPS) is 10.5. The van der Waals surface area contributed by atoms with E-state index in [9.17, 15) is 0 Å². The molecule has 716 valence electrons. The summed E-state index contributed by atoms with van der Waals surface area (Å²) in [4.78, 5) is 0. The molecule has 0 heterocycles. The molecule has 20 nitrogen and oxygen atoms in total. The molecular weight excluding hydrogens is 1640 g/mol. The topological polar surface area (TPSA) is 185 Å². The first-order valence-corrected chi connectivity index (χ1v) is 44.0. The van der Waals surface area contributed by atoms with Crippen LogP contribution in [0, 0.1) is 0 Å². The monoisotopic (exact) mass is 1800 g/mol. The van der Waals surface area contributed by atoms with Crippen LogP contribution in [0.4, 0.5) is 0 Å². The Balaban J connectivity index is 0.000000744. The van der Waals surface area contributed by atoms with Crippen molar-refractivity contribution in [1.29, 1.82) is 0 Å². The Bertz CT molecular complexity index is 4490. The highest BCUT2D eigenvalue weighted by molar-refractivity contribution is 5.60. The van der Waals surface area contributed by atoms with Gasteiger partial charge in [-0.2, -0.15) is 0 Å². The Labute approximate surface area is 781 Å². The molecule has 0 N–H and O–H groups in total. The zero-order valence-electron chi connectivity index (χ0n) is 82.8. The minimum atomic E-state index is -0.273. The second-order valence-corrected chi connectivity index (χ2v) is 31.9. The summed E-state index contributed by atoms with van der Waals surface area (Å²) in [6.45, 7) is 62.0. The van der Waals surface area contributed by atoms with Gasteiger partial charge in [0.2, 0.25) is 0 Å². The van der Waals surface area contributed by atoms with E-state index in [1.165, 1.54) is 67.2 Å². The molecule has 0 saturated heterocycles. The molecule has 0 radical (unpaired) electrons. The second kappa shape index (κ2) is 69.0. The number of unbranched alkanes of at least 4 members (excludes halogenated alkanes) is 5. The molecule has 8 aromatic rings. The van der Waals surface area contributed by atoms with Crippen molar-refractivity contribution in [2.24, 2.45) is 0 Å². The van der Waals surface area contributed by atoms with Gasteiger partial charge in [-0.1, -0.05) is 237 Å². The molecule has 0 unspecified atom stereocenters. The van der Waals surface area contributed by atoms with E-state index in [0.717, 1.165) is 86.8 Å². The van der Waals surface area contributed by atoms with Gasteiger partial charge in [0.15, 0.2) is 100 Å². The van der Waals surface area contributed by atoms with Crippen LogP contribution in [0.15, 0.2) is 198 Å².